The van der Waals surface area contributed by atoms with Gasteiger partial charge in [0.05, 0.1) is 15.7 Å². The van der Waals surface area contributed by atoms with Gasteiger partial charge in [-0.05, 0) is 42.4 Å². The molecule has 1 aromatic carbocycles. The van der Waals surface area contributed by atoms with Crippen molar-refractivity contribution < 1.29 is 4.79 Å². The van der Waals surface area contributed by atoms with Crippen LogP contribution in [0, 0.1) is 12.1 Å². The van der Waals surface area contributed by atoms with Crippen molar-refractivity contribution in [3.05, 3.63) is 35.9 Å². The number of likely N-dealkylation sites (N-methyl/N-ethyl adjacent to an activating group) is 1. The summed E-state index contributed by atoms with van der Waals surface area (Å²) in [4.78, 5) is 12.5. The maximum atomic E-state index is 12.5. The SMILES string of the molecule is [B]C1([B])CCC[C@@](NC)(c2cc#ccc2)C1=O. The predicted molar refractivity (Wildman–Crippen MR) is 67.9 cm³/mol. The molecule has 0 aliphatic heterocycles. The average Bonchev–Trinajstić information content (AvgIpc) is 2.34. The standard InChI is InChI=1S/C13H13B2NO/c1-16-12(10-6-3-2-4-7-10)8-5-9-13(14,15)11(12)17/h3,6-7,16H,5,8-9H2,1H3/t12-/m1/s1. The lowest BCUT2D eigenvalue weighted by molar-refractivity contribution is -0.129. The lowest BCUT2D eigenvalue weighted by atomic mass is 9.44. The first kappa shape index (κ1) is 12.3. The van der Waals surface area contributed by atoms with Crippen LogP contribution in [0.1, 0.15) is 24.8 Å². The quantitative estimate of drug-likeness (QED) is 0.751. The second-order valence-electron chi connectivity index (χ2n) is 4.60. The number of hydrogen-bond donors (Lipinski definition) is 1. The van der Waals surface area contributed by atoms with E-state index >= 15 is 0 Å². The molecule has 1 aliphatic rings. The van der Waals surface area contributed by atoms with E-state index in [1.165, 1.54) is 0 Å². The van der Waals surface area contributed by atoms with Crippen LogP contribution in [0.2, 0.25) is 5.21 Å². The fourth-order valence-corrected chi connectivity index (χ4v) is 2.54. The van der Waals surface area contributed by atoms with Gasteiger partial charge in [-0.25, -0.2) is 0 Å². The molecular formula is C13H13B2NO. The molecule has 1 N–H and O–H groups in total. The topological polar surface area (TPSA) is 29.1 Å². The Labute approximate surface area is 105 Å². The molecule has 0 bridgehead atoms. The van der Waals surface area contributed by atoms with Crippen LogP contribution in [0.15, 0.2) is 18.2 Å². The van der Waals surface area contributed by atoms with Crippen molar-refractivity contribution in [2.24, 2.45) is 0 Å². The normalized spacial score (nSPS) is 27.5. The summed E-state index contributed by atoms with van der Waals surface area (Å²) in [6.45, 7) is 0. The lowest BCUT2D eigenvalue weighted by Crippen LogP contribution is -2.54. The number of carbonyl (C=O) groups is 1. The van der Waals surface area contributed by atoms with E-state index in [-0.39, 0.29) is 5.78 Å². The van der Waals surface area contributed by atoms with Crippen LogP contribution in [0.5, 0.6) is 0 Å². The summed E-state index contributed by atoms with van der Waals surface area (Å²) in [5, 5.41) is 1.85. The van der Waals surface area contributed by atoms with Crippen molar-refractivity contribution in [3.63, 3.8) is 0 Å². The number of ketones is 1. The molecule has 1 saturated carbocycles. The van der Waals surface area contributed by atoms with Crippen LogP contribution in [-0.2, 0) is 10.3 Å². The molecular weight excluding hydrogens is 208 g/mol. The van der Waals surface area contributed by atoms with Gasteiger partial charge < -0.3 is 5.32 Å². The lowest BCUT2D eigenvalue weighted by Gasteiger charge is -2.44. The summed E-state index contributed by atoms with van der Waals surface area (Å²) >= 11 is 0. The number of rotatable bonds is 2. The summed E-state index contributed by atoms with van der Waals surface area (Å²) in [7, 11) is 13.5. The zero-order chi connectivity index (χ0) is 12.5. The Morgan fingerprint density at radius 1 is 1.35 bits per heavy atom. The number of Topliss-reactive ketones (excluding diaryl/α,β-unsaturated/α-hetero) is 1. The van der Waals surface area contributed by atoms with Crippen LogP contribution in [0.25, 0.3) is 0 Å². The maximum Gasteiger partial charge on any atom is 0.146 e. The van der Waals surface area contributed by atoms with Gasteiger partial charge >= 0.3 is 0 Å². The number of hydrogen-bond acceptors (Lipinski definition) is 2. The summed E-state index contributed by atoms with van der Waals surface area (Å²) in [5.41, 5.74) is 0.0663. The van der Waals surface area contributed by atoms with E-state index in [9.17, 15) is 4.79 Å². The summed E-state index contributed by atoms with van der Waals surface area (Å²) in [6, 6.07) is 11.0. The molecule has 4 radical (unpaired) electrons. The maximum absolute atomic E-state index is 12.5. The smallest absolute Gasteiger partial charge is 0.146 e. The van der Waals surface area contributed by atoms with Crippen LogP contribution in [0.4, 0.5) is 0 Å². The van der Waals surface area contributed by atoms with Gasteiger partial charge in [-0.2, -0.15) is 0 Å². The Morgan fingerprint density at radius 2 is 2.12 bits per heavy atom. The second-order valence-corrected chi connectivity index (χ2v) is 4.60. The Morgan fingerprint density at radius 3 is 2.71 bits per heavy atom. The van der Waals surface area contributed by atoms with Crippen molar-refractivity contribution in [3.8, 4) is 0 Å². The second kappa shape index (κ2) is 4.23. The first-order chi connectivity index (χ1) is 8.03. The molecule has 1 atom stereocenters. The van der Waals surface area contributed by atoms with E-state index in [0.29, 0.717) is 12.8 Å². The molecule has 0 unspecified atom stereocenters. The third kappa shape index (κ3) is 1.89. The molecule has 2 rings (SSSR count). The molecule has 0 amide bonds. The van der Waals surface area contributed by atoms with Gasteiger partial charge in [0, 0.05) is 0 Å². The van der Waals surface area contributed by atoms with Gasteiger partial charge in [0.25, 0.3) is 0 Å². The fourth-order valence-electron chi connectivity index (χ4n) is 2.54. The highest BCUT2D eigenvalue weighted by Crippen LogP contribution is 2.43. The van der Waals surface area contributed by atoms with Gasteiger partial charge in [-0.15, -0.1) is 0 Å². The fraction of sp³-hybridized carbons (Fsp3) is 0.462. The molecule has 17 heavy (non-hydrogen) atoms. The summed E-state index contributed by atoms with van der Waals surface area (Å²) in [5.74, 6) is -0.154. The van der Waals surface area contributed by atoms with Gasteiger partial charge in [-0.3, -0.25) is 4.79 Å². The van der Waals surface area contributed by atoms with E-state index in [4.69, 9.17) is 15.7 Å². The van der Waals surface area contributed by atoms with Crippen LogP contribution in [0.3, 0.4) is 0 Å². The van der Waals surface area contributed by atoms with Gasteiger partial charge in [-0.1, -0.05) is 25.0 Å². The van der Waals surface area contributed by atoms with Gasteiger partial charge in [0.15, 0.2) is 0 Å². The molecule has 82 valence electrons. The summed E-state index contributed by atoms with van der Waals surface area (Å²) < 4.78 is 0. The Balaban J connectivity index is 2.48. The monoisotopic (exact) mass is 221 g/mol. The van der Waals surface area contributed by atoms with E-state index in [1.807, 2.05) is 6.07 Å². The molecule has 0 spiro atoms. The first-order valence-corrected chi connectivity index (χ1v) is 5.73. The third-order valence-corrected chi connectivity index (χ3v) is 3.53. The molecule has 0 heterocycles. The summed E-state index contributed by atoms with van der Waals surface area (Å²) in [6.07, 6.45) is 2.05. The molecule has 1 fully saturated rings. The molecule has 2 nitrogen and oxygen atoms in total. The van der Waals surface area contributed by atoms with Crippen LogP contribution in [-0.4, -0.2) is 28.5 Å². The predicted octanol–water partition coefficient (Wildman–Crippen LogP) is 0.908. The molecule has 0 saturated heterocycles. The third-order valence-electron chi connectivity index (χ3n) is 3.53. The van der Waals surface area contributed by atoms with Gasteiger partial charge in [0.1, 0.15) is 11.3 Å². The minimum absolute atomic E-state index is 0.154. The zero-order valence-corrected chi connectivity index (χ0v) is 9.92. The van der Waals surface area contributed by atoms with Crippen LogP contribution < -0.4 is 5.32 Å². The highest BCUT2D eigenvalue weighted by atomic mass is 16.1. The molecule has 0 aromatic heterocycles. The highest BCUT2D eigenvalue weighted by Gasteiger charge is 2.47. The Bertz CT molecular complexity index is 419. The minimum Gasteiger partial charge on any atom is -0.304 e. The van der Waals surface area contributed by atoms with Crippen molar-refractivity contribution in [1.29, 1.82) is 0 Å². The van der Waals surface area contributed by atoms with Crippen molar-refractivity contribution in [1.82, 2.24) is 5.32 Å². The van der Waals surface area contributed by atoms with E-state index in [0.717, 1.165) is 12.0 Å². The number of nitrogens with one attached hydrogen (secondary N) is 1. The Kier molecular flexibility index (Phi) is 3.05. The van der Waals surface area contributed by atoms with E-state index < -0.39 is 10.8 Å². The first-order valence-electron chi connectivity index (χ1n) is 5.73. The minimum atomic E-state index is -1.25. The molecule has 1 aromatic rings. The van der Waals surface area contributed by atoms with Crippen molar-refractivity contribution >= 4 is 21.5 Å². The van der Waals surface area contributed by atoms with Crippen LogP contribution >= 0.6 is 0 Å². The largest absolute Gasteiger partial charge is 0.304 e. The van der Waals surface area contributed by atoms with Crippen molar-refractivity contribution in [2.75, 3.05) is 7.05 Å². The molecule has 4 heteroatoms. The Hall–Kier alpha value is -1.20. The highest BCUT2D eigenvalue weighted by molar-refractivity contribution is 6.52. The van der Waals surface area contributed by atoms with Gasteiger partial charge in [0.2, 0.25) is 0 Å². The van der Waals surface area contributed by atoms with E-state index in [1.54, 1.807) is 19.2 Å². The van der Waals surface area contributed by atoms with Crippen molar-refractivity contribution in [2.45, 2.75) is 30.0 Å². The number of carbonyl (C=O) groups excluding carboxylic acids is 1. The molecule has 1 aliphatic carbocycles. The zero-order valence-electron chi connectivity index (χ0n) is 9.92. The van der Waals surface area contributed by atoms with E-state index in [2.05, 4.69) is 17.4 Å². The average molecular weight is 221 g/mol.